The molecule has 0 bridgehead atoms. The largest absolute Gasteiger partial charge is 0.399 e. The molecule has 0 saturated carbocycles. The smallest absolute Gasteiger partial charge is 0.134 e. The fraction of sp³-hybridized carbons (Fsp3) is 0.214. The molecule has 2 rings (SSSR count). The lowest BCUT2D eigenvalue weighted by atomic mass is 10.2. The van der Waals surface area contributed by atoms with Crippen molar-refractivity contribution in [2.45, 2.75) is 13.8 Å². The van der Waals surface area contributed by atoms with E-state index in [2.05, 4.69) is 35.9 Å². The summed E-state index contributed by atoms with van der Waals surface area (Å²) in [6.45, 7) is 5.07. The summed E-state index contributed by atoms with van der Waals surface area (Å²) in [5.74, 6) is 0.891. The van der Waals surface area contributed by atoms with Crippen molar-refractivity contribution in [2.24, 2.45) is 0 Å². The van der Waals surface area contributed by atoms with Gasteiger partial charge in [0, 0.05) is 30.2 Å². The summed E-state index contributed by atoms with van der Waals surface area (Å²) in [6.07, 6.45) is 1.74. The van der Waals surface area contributed by atoms with Crippen LogP contribution in [-0.4, -0.2) is 11.5 Å². The number of aryl methyl sites for hydroxylation is 1. The number of nitrogens with zero attached hydrogens (tertiary/aromatic N) is 2. The van der Waals surface area contributed by atoms with Crippen LogP contribution in [0.5, 0.6) is 0 Å². The SMILES string of the molecule is CCN(c1cc(N)ccn1)c1ccccc1C. The van der Waals surface area contributed by atoms with Crippen LogP contribution in [0.3, 0.4) is 0 Å². The summed E-state index contributed by atoms with van der Waals surface area (Å²) < 4.78 is 0. The third kappa shape index (κ3) is 2.38. The van der Waals surface area contributed by atoms with E-state index in [1.165, 1.54) is 11.3 Å². The van der Waals surface area contributed by atoms with Gasteiger partial charge in [0.15, 0.2) is 0 Å². The lowest BCUT2D eigenvalue weighted by Crippen LogP contribution is -2.18. The molecule has 3 heteroatoms. The van der Waals surface area contributed by atoms with Gasteiger partial charge in [0.1, 0.15) is 5.82 Å². The number of hydrogen-bond donors (Lipinski definition) is 1. The van der Waals surface area contributed by atoms with Crippen molar-refractivity contribution in [2.75, 3.05) is 17.2 Å². The molecule has 0 aliphatic carbocycles. The number of anilines is 3. The summed E-state index contributed by atoms with van der Waals surface area (Å²) in [6, 6.07) is 12.0. The van der Waals surface area contributed by atoms with Crippen LogP contribution < -0.4 is 10.6 Å². The zero-order chi connectivity index (χ0) is 12.3. The van der Waals surface area contributed by atoms with E-state index in [0.717, 1.165) is 18.1 Å². The van der Waals surface area contributed by atoms with Crippen molar-refractivity contribution in [3.05, 3.63) is 48.2 Å². The van der Waals surface area contributed by atoms with Gasteiger partial charge in [-0.25, -0.2) is 4.98 Å². The maximum Gasteiger partial charge on any atom is 0.134 e. The first-order valence-electron chi connectivity index (χ1n) is 5.77. The number of rotatable bonds is 3. The van der Waals surface area contributed by atoms with Crippen LogP contribution >= 0.6 is 0 Å². The van der Waals surface area contributed by atoms with Crippen LogP contribution in [0.1, 0.15) is 12.5 Å². The van der Waals surface area contributed by atoms with Gasteiger partial charge in [-0.2, -0.15) is 0 Å². The minimum atomic E-state index is 0.738. The van der Waals surface area contributed by atoms with E-state index in [9.17, 15) is 0 Å². The van der Waals surface area contributed by atoms with E-state index in [4.69, 9.17) is 5.73 Å². The second-order valence-corrected chi connectivity index (χ2v) is 3.98. The van der Waals surface area contributed by atoms with Crippen LogP contribution in [0.4, 0.5) is 17.2 Å². The Bertz CT molecular complexity index is 508. The van der Waals surface area contributed by atoms with E-state index in [1.807, 2.05) is 18.2 Å². The van der Waals surface area contributed by atoms with Crippen molar-refractivity contribution >= 4 is 17.2 Å². The average molecular weight is 227 g/mol. The molecule has 0 aliphatic heterocycles. The molecule has 0 unspecified atom stereocenters. The number of hydrogen-bond acceptors (Lipinski definition) is 3. The van der Waals surface area contributed by atoms with Crippen molar-refractivity contribution in [3.63, 3.8) is 0 Å². The van der Waals surface area contributed by atoms with E-state index in [0.29, 0.717) is 0 Å². The summed E-state index contributed by atoms with van der Waals surface area (Å²) in [5, 5.41) is 0. The molecule has 0 spiro atoms. The van der Waals surface area contributed by atoms with Crippen LogP contribution in [-0.2, 0) is 0 Å². The van der Waals surface area contributed by atoms with Crippen molar-refractivity contribution in [3.8, 4) is 0 Å². The highest BCUT2D eigenvalue weighted by Crippen LogP contribution is 2.27. The molecular weight excluding hydrogens is 210 g/mol. The van der Waals surface area contributed by atoms with Crippen LogP contribution in [0.25, 0.3) is 0 Å². The highest BCUT2D eigenvalue weighted by Gasteiger charge is 2.10. The van der Waals surface area contributed by atoms with Crippen molar-refractivity contribution < 1.29 is 0 Å². The molecule has 0 aliphatic rings. The van der Waals surface area contributed by atoms with E-state index >= 15 is 0 Å². The molecule has 0 amide bonds. The number of nitrogen functional groups attached to an aromatic ring is 1. The van der Waals surface area contributed by atoms with Crippen LogP contribution in [0, 0.1) is 6.92 Å². The first-order chi connectivity index (χ1) is 8.22. The Labute approximate surface area is 102 Å². The zero-order valence-corrected chi connectivity index (χ0v) is 10.2. The number of aromatic nitrogens is 1. The van der Waals surface area contributed by atoms with Crippen molar-refractivity contribution in [1.29, 1.82) is 0 Å². The molecule has 0 fully saturated rings. The maximum absolute atomic E-state index is 5.80. The Morgan fingerprint density at radius 2 is 2.00 bits per heavy atom. The van der Waals surface area contributed by atoms with Gasteiger partial charge in [0.25, 0.3) is 0 Å². The predicted octanol–water partition coefficient (Wildman–Crippen LogP) is 3.13. The number of benzene rings is 1. The van der Waals surface area contributed by atoms with E-state index in [1.54, 1.807) is 12.3 Å². The Hall–Kier alpha value is -2.03. The summed E-state index contributed by atoms with van der Waals surface area (Å²) in [5.41, 5.74) is 8.95. The minimum Gasteiger partial charge on any atom is -0.399 e. The lowest BCUT2D eigenvalue weighted by Gasteiger charge is -2.24. The fourth-order valence-electron chi connectivity index (χ4n) is 1.90. The van der Waals surface area contributed by atoms with Crippen LogP contribution in [0.15, 0.2) is 42.6 Å². The second kappa shape index (κ2) is 4.87. The van der Waals surface area contributed by atoms with Gasteiger partial charge < -0.3 is 10.6 Å². The van der Waals surface area contributed by atoms with Crippen LogP contribution in [0.2, 0.25) is 0 Å². The molecule has 0 saturated heterocycles. The highest BCUT2D eigenvalue weighted by atomic mass is 15.2. The zero-order valence-electron chi connectivity index (χ0n) is 10.2. The van der Waals surface area contributed by atoms with Gasteiger partial charge in [0.05, 0.1) is 0 Å². The first kappa shape index (κ1) is 11.5. The molecule has 0 atom stereocenters. The molecule has 2 aromatic rings. The summed E-state index contributed by atoms with van der Waals surface area (Å²) in [4.78, 5) is 6.53. The van der Waals surface area contributed by atoms with Gasteiger partial charge in [-0.05, 0) is 31.5 Å². The highest BCUT2D eigenvalue weighted by molar-refractivity contribution is 5.65. The van der Waals surface area contributed by atoms with Gasteiger partial charge >= 0.3 is 0 Å². The standard InChI is InChI=1S/C14H17N3/c1-3-17(13-7-5-4-6-11(13)2)14-10-12(15)8-9-16-14/h4-10H,3H2,1-2H3,(H2,15,16). The Morgan fingerprint density at radius 1 is 1.24 bits per heavy atom. The maximum atomic E-state index is 5.80. The fourth-order valence-corrected chi connectivity index (χ4v) is 1.90. The van der Waals surface area contributed by atoms with Gasteiger partial charge in [0.2, 0.25) is 0 Å². The number of pyridine rings is 1. The third-order valence-electron chi connectivity index (χ3n) is 2.77. The number of para-hydroxylation sites is 1. The second-order valence-electron chi connectivity index (χ2n) is 3.98. The molecule has 1 aromatic carbocycles. The average Bonchev–Trinajstić information content (AvgIpc) is 2.33. The third-order valence-corrected chi connectivity index (χ3v) is 2.77. The van der Waals surface area contributed by atoms with Gasteiger partial charge in [-0.15, -0.1) is 0 Å². The Kier molecular flexibility index (Phi) is 3.28. The minimum absolute atomic E-state index is 0.738. The molecule has 1 aromatic heterocycles. The van der Waals surface area contributed by atoms with E-state index < -0.39 is 0 Å². The van der Waals surface area contributed by atoms with Crippen molar-refractivity contribution in [1.82, 2.24) is 4.98 Å². The molecule has 88 valence electrons. The van der Waals surface area contributed by atoms with Gasteiger partial charge in [-0.1, -0.05) is 18.2 Å². The Morgan fingerprint density at radius 3 is 2.65 bits per heavy atom. The lowest BCUT2D eigenvalue weighted by molar-refractivity contribution is 0.984. The molecule has 2 N–H and O–H groups in total. The molecule has 1 heterocycles. The first-order valence-corrected chi connectivity index (χ1v) is 5.77. The van der Waals surface area contributed by atoms with E-state index in [-0.39, 0.29) is 0 Å². The number of nitrogens with two attached hydrogens (primary N) is 1. The predicted molar refractivity (Wildman–Crippen MR) is 72.5 cm³/mol. The topological polar surface area (TPSA) is 42.1 Å². The molecule has 0 radical (unpaired) electrons. The summed E-state index contributed by atoms with van der Waals surface area (Å²) in [7, 11) is 0. The van der Waals surface area contributed by atoms with Gasteiger partial charge in [-0.3, -0.25) is 0 Å². The Balaban J connectivity index is 2.44. The summed E-state index contributed by atoms with van der Waals surface area (Å²) >= 11 is 0. The monoisotopic (exact) mass is 227 g/mol. The molecular formula is C14H17N3. The normalized spacial score (nSPS) is 10.2. The quantitative estimate of drug-likeness (QED) is 0.876. The molecule has 17 heavy (non-hydrogen) atoms. The molecule has 3 nitrogen and oxygen atoms in total.